The van der Waals surface area contributed by atoms with Crippen LogP contribution in [-0.2, 0) is 0 Å². The average molecular weight is 257 g/mol. The molecule has 19 heavy (non-hydrogen) atoms. The molecule has 0 aliphatic rings. The summed E-state index contributed by atoms with van der Waals surface area (Å²) in [7, 11) is 0. The summed E-state index contributed by atoms with van der Waals surface area (Å²) in [5.41, 5.74) is 2.40. The van der Waals surface area contributed by atoms with Crippen LogP contribution >= 0.6 is 0 Å². The van der Waals surface area contributed by atoms with E-state index in [-0.39, 0.29) is 0 Å². The van der Waals surface area contributed by atoms with Crippen LogP contribution < -0.4 is 5.32 Å². The van der Waals surface area contributed by atoms with E-state index in [1.165, 1.54) is 11.1 Å². The van der Waals surface area contributed by atoms with Crippen molar-refractivity contribution in [2.75, 3.05) is 6.54 Å². The Kier molecular flexibility index (Phi) is 4.74. The third-order valence-electron chi connectivity index (χ3n) is 3.61. The van der Waals surface area contributed by atoms with Crippen LogP contribution in [0.15, 0.2) is 42.7 Å². The van der Waals surface area contributed by atoms with Gasteiger partial charge in [0, 0.05) is 17.8 Å². The Labute approximate surface area is 115 Å². The van der Waals surface area contributed by atoms with Gasteiger partial charge in [-0.2, -0.15) is 5.10 Å². The van der Waals surface area contributed by atoms with E-state index >= 15 is 0 Å². The fourth-order valence-electron chi connectivity index (χ4n) is 2.44. The molecule has 2 rings (SSSR count). The van der Waals surface area contributed by atoms with Gasteiger partial charge in [0.15, 0.2) is 0 Å². The van der Waals surface area contributed by atoms with Crippen molar-refractivity contribution >= 4 is 0 Å². The summed E-state index contributed by atoms with van der Waals surface area (Å²) < 4.78 is 2.07. The number of nitrogens with zero attached hydrogens (tertiary/aromatic N) is 2. The van der Waals surface area contributed by atoms with Crippen LogP contribution in [0.3, 0.4) is 0 Å². The molecule has 2 atom stereocenters. The van der Waals surface area contributed by atoms with Crippen molar-refractivity contribution in [1.82, 2.24) is 15.1 Å². The van der Waals surface area contributed by atoms with E-state index in [4.69, 9.17) is 0 Å². The molecule has 0 bridgehead atoms. The second-order valence-electron chi connectivity index (χ2n) is 4.89. The minimum atomic E-state index is 0.363. The smallest absolute Gasteiger partial charge is 0.0644 e. The highest BCUT2D eigenvalue weighted by atomic mass is 15.3. The Balaban J connectivity index is 2.16. The highest BCUT2D eigenvalue weighted by molar-refractivity contribution is 5.61. The minimum absolute atomic E-state index is 0.363. The molecule has 3 nitrogen and oxygen atoms in total. The first-order valence-electron chi connectivity index (χ1n) is 7.09. The molecule has 2 aromatic rings. The third kappa shape index (κ3) is 3.24. The Morgan fingerprint density at radius 2 is 1.89 bits per heavy atom. The molecule has 0 amide bonds. The molecular formula is C16H23N3. The lowest BCUT2D eigenvalue weighted by atomic mass is 10.1. The van der Waals surface area contributed by atoms with Crippen molar-refractivity contribution < 1.29 is 0 Å². The maximum Gasteiger partial charge on any atom is 0.0644 e. The van der Waals surface area contributed by atoms with E-state index in [1.807, 2.05) is 12.3 Å². The second kappa shape index (κ2) is 6.53. The Bertz CT molecular complexity index is 490. The molecule has 0 aliphatic carbocycles. The maximum absolute atomic E-state index is 4.52. The molecule has 0 saturated carbocycles. The van der Waals surface area contributed by atoms with Crippen molar-refractivity contribution in [3.8, 4) is 11.1 Å². The molecule has 0 spiro atoms. The Morgan fingerprint density at radius 1 is 1.16 bits per heavy atom. The monoisotopic (exact) mass is 257 g/mol. The SMILES string of the molecule is CCNC(CC)C(C)n1cc(-c2ccccc2)cn1. The number of nitrogens with one attached hydrogen (secondary N) is 1. The topological polar surface area (TPSA) is 29.9 Å². The van der Waals surface area contributed by atoms with Gasteiger partial charge in [0.25, 0.3) is 0 Å². The summed E-state index contributed by atoms with van der Waals surface area (Å²) in [4.78, 5) is 0. The molecule has 0 radical (unpaired) electrons. The maximum atomic E-state index is 4.52. The van der Waals surface area contributed by atoms with E-state index in [0.29, 0.717) is 12.1 Å². The molecular weight excluding hydrogens is 234 g/mol. The third-order valence-corrected chi connectivity index (χ3v) is 3.61. The lowest BCUT2D eigenvalue weighted by Gasteiger charge is -2.23. The highest BCUT2D eigenvalue weighted by Crippen LogP contribution is 2.21. The van der Waals surface area contributed by atoms with Crippen LogP contribution in [0.25, 0.3) is 11.1 Å². The largest absolute Gasteiger partial charge is 0.312 e. The van der Waals surface area contributed by atoms with Crippen molar-refractivity contribution in [3.05, 3.63) is 42.7 Å². The van der Waals surface area contributed by atoms with E-state index in [9.17, 15) is 0 Å². The van der Waals surface area contributed by atoms with Gasteiger partial charge in [-0.05, 0) is 25.5 Å². The molecule has 1 aromatic heterocycles. The minimum Gasteiger partial charge on any atom is -0.312 e. The zero-order valence-corrected chi connectivity index (χ0v) is 12.0. The number of rotatable bonds is 6. The fraction of sp³-hybridized carbons (Fsp3) is 0.438. The summed E-state index contributed by atoms with van der Waals surface area (Å²) in [6, 6.07) is 11.2. The van der Waals surface area contributed by atoms with E-state index in [1.54, 1.807) is 0 Å². The Morgan fingerprint density at radius 3 is 2.53 bits per heavy atom. The summed E-state index contributed by atoms with van der Waals surface area (Å²) in [6.45, 7) is 7.58. The van der Waals surface area contributed by atoms with Gasteiger partial charge < -0.3 is 5.32 Å². The normalized spacial score (nSPS) is 14.3. The number of likely N-dealkylation sites (N-methyl/N-ethyl adjacent to an activating group) is 1. The van der Waals surface area contributed by atoms with Crippen LogP contribution in [0.4, 0.5) is 0 Å². The standard InChI is InChI=1S/C16H23N3/c1-4-16(17-5-2)13(3)19-12-15(11-18-19)14-9-7-6-8-10-14/h6-13,16-17H,4-5H2,1-3H3. The second-order valence-corrected chi connectivity index (χ2v) is 4.89. The molecule has 0 aliphatic heterocycles. The molecule has 2 unspecified atom stereocenters. The molecule has 0 saturated heterocycles. The zero-order valence-electron chi connectivity index (χ0n) is 12.0. The zero-order chi connectivity index (χ0) is 13.7. The lowest BCUT2D eigenvalue weighted by Crippen LogP contribution is -2.35. The first-order chi connectivity index (χ1) is 9.26. The van der Waals surface area contributed by atoms with Crippen LogP contribution in [0, 0.1) is 0 Å². The summed E-state index contributed by atoms with van der Waals surface area (Å²) in [6.07, 6.45) is 5.19. The van der Waals surface area contributed by atoms with Crippen LogP contribution in [0.5, 0.6) is 0 Å². The van der Waals surface area contributed by atoms with Gasteiger partial charge in [-0.1, -0.05) is 44.2 Å². The van der Waals surface area contributed by atoms with E-state index < -0.39 is 0 Å². The molecule has 102 valence electrons. The number of aromatic nitrogens is 2. The number of hydrogen-bond acceptors (Lipinski definition) is 2. The predicted octanol–water partition coefficient (Wildman–Crippen LogP) is 3.50. The molecule has 1 aromatic carbocycles. The van der Waals surface area contributed by atoms with Crippen LogP contribution in [0.1, 0.15) is 33.2 Å². The van der Waals surface area contributed by atoms with Crippen molar-refractivity contribution in [2.45, 2.75) is 39.3 Å². The van der Waals surface area contributed by atoms with Gasteiger partial charge >= 0.3 is 0 Å². The summed E-state index contributed by atoms with van der Waals surface area (Å²) in [5, 5.41) is 8.04. The van der Waals surface area contributed by atoms with Crippen molar-refractivity contribution in [1.29, 1.82) is 0 Å². The van der Waals surface area contributed by atoms with Crippen LogP contribution in [-0.4, -0.2) is 22.4 Å². The Hall–Kier alpha value is -1.61. The molecule has 0 fully saturated rings. The van der Waals surface area contributed by atoms with Gasteiger partial charge in [0.1, 0.15) is 0 Å². The molecule has 3 heteroatoms. The van der Waals surface area contributed by atoms with Crippen molar-refractivity contribution in [3.63, 3.8) is 0 Å². The van der Waals surface area contributed by atoms with Gasteiger partial charge in [0.05, 0.1) is 12.2 Å². The summed E-state index contributed by atoms with van der Waals surface area (Å²) >= 11 is 0. The van der Waals surface area contributed by atoms with Gasteiger partial charge in [-0.25, -0.2) is 0 Å². The fourth-order valence-corrected chi connectivity index (χ4v) is 2.44. The first-order valence-corrected chi connectivity index (χ1v) is 7.09. The van der Waals surface area contributed by atoms with E-state index in [0.717, 1.165) is 13.0 Å². The van der Waals surface area contributed by atoms with Crippen molar-refractivity contribution in [2.24, 2.45) is 0 Å². The van der Waals surface area contributed by atoms with Gasteiger partial charge in [0.2, 0.25) is 0 Å². The predicted molar refractivity (Wildman–Crippen MR) is 80.1 cm³/mol. The molecule has 1 N–H and O–H groups in total. The van der Waals surface area contributed by atoms with E-state index in [2.05, 4.69) is 66.3 Å². The lowest BCUT2D eigenvalue weighted by molar-refractivity contribution is 0.344. The van der Waals surface area contributed by atoms with Gasteiger partial charge in [-0.3, -0.25) is 4.68 Å². The molecule has 1 heterocycles. The summed E-state index contributed by atoms with van der Waals surface area (Å²) in [5.74, 6) is 0. The van der Waals surface area contributed by atoms with Crippen LogP contribution in [0.2, 0.25) is 0 Å². The average Bonchev–Trinajstić information content (AvgIpc) is 2.95. The highest BCUT2D eigenvalue weighted by Gasteiger charge is 2.16. The first kappa shape index (κ1) is 13.8. The number of benzene rings is 1. The quantitative estimate of drug-likeness (QED) is 0.858. The number of hydrogen-bond donors (Lipinski definition) is 1. The van der Waals surface area contributed by atoms with Gasteiger partial charge in [-0.15, -0.1) is 0 Å².